The second kappa shape index (κ2) is 6.06. The number of benzene rings is 1. The van der Waals surface area contributed by atoms with Crippen molar-refractivity contribution in [1.82, 2.24) is 4.90 Å². The van der Waals surface area contributed by atoms with E-state index < -0.39 is 0 Å². The smallest absolute Gasteiger partial charge is 0.244 e. The largest absolute Gasteiger partial charge is 0.357 e. The fourth-order valence-electron chi connectivity index (χ4n) is 3.23. The first-order chi connectivity index (χ1) is 10.2. The molecule has 0 spiro atoms. The van der Waals surface area contributed by atoms with Gasteiger partial charge >= 0.3 is 0 Å². The fourth-order valence-corrected chi connectivity index (χ4v) is 3.23. The van der Waals surface area contributed by atoms with E-state index in [1.165, 1.54) is 12.8 Å². The molecule has 1 saturated heterocycles. The molecule has 4 nitrogen and oxygen atoms in total. The van der Waals surface area contributed by atoms with Crippen molar-refractivity contribution in [3.05, 3.63) is 29.8 Å². The maximum atomic E-state index is 12.7. The SMILES string of the molecule is CC(C(=O)N1CCCC1)N(c1ccc(CN)cc1)C1CC1. The van der Waals surface area contributed by atoms with Crippen LogP contribution in [0.1, 0.15) is 38.2 Å². The first kappa shape index (κ1) is 14.4. The minimum Gasteiger partial charge on any atom is -0.357 e. The van der Waals surface area contributed by atoms with Crippen LogP contribution in [0.2, 0.25) is 0 Å². The summed E-state index contributed by atoms with van der Waals surface area (Å²) in [5.41, 5.74) is 7.94. The van der Waals surface area contributed by atoms with Crippen LogP contribution in [-0.2, 0) is 11.3 Å². The number of carbonyl (C=O) groups is 1. The topological polar surface area (TPSA) is 49.6 Å². The van der Waals surface area contributed by atoms with Crippen LogP contribution in [-0.4, -0.2) is 36.0 Å². The monoisotopic (exact) mass is 287 g/mol. The van der Waals surface area contributed by atoms with Gasteiger partial charge in [-0.15, -0.1) is 0 Å². The molecule has 1 heterocycles. The van der Waals surface area contributed by atoms with Gasteiger partial charge in [0.1, 0.15) is 6.04 Å². The molecule has 2 N–H and O–H groups in total. The van der Waals surface area contributed by atoms with Crippen LogP contribution >= 0.6 is 0 Å². The van der Waals surface area contributed by atoms with Crippen LogP contribution in [0, 0.1) is 0 Å². The highest BCUT2D eigenvalue weighted by Gasteiger charge is 2.37. The molecule has 0 aromatic heterocycles. The summed E-state index contributed by atoms with van der Waals surface area (Å²) in [5.74, 6) is 0.280. The second-order valence-corrected chi connectivity index (χ2v) is 6.22. The molecule has 1 aliphatic heterocycles. The lowest BCUT2D eigenvalue weighted by Gasteiger charge is -2.33. The molecular formula is C17H25N3O. The van der Waals surface area contributed by atoms with Gasteiger partial charge in [0.05, 0.1) is 0 Å². The first-order valence-electron chi connectivity index (χ1n) is 8.07. The van der Waals surface area contributed by atoms with Crippen LogP contribution < -0.4 is 10.6 Å². The lowest BCUT2D eigenvalue weighted by molar-refractivity contribution is -0.131. The lowest BCUT2D eigenvalue weighted by Crippen LogP contribution is -2.47. The Hall–Kier alpha value is -1.55. The summed E-state index contributed by atoms with van der Waals surface area (Å²) >= 11 is 0. The molecule has 1 amide bonds. The Morgan fingerprint density at radius 1 is 1.29 bits per heavy atom. The number of nitrogens with zero attached hydrogens (tertiary/aromatic N) is 2. The summed E-state index contributed by atoms with van der Waals surface area (Å²) < 4.78 is 0. The number of carbonyl (C=O) groups excluding carboxylic acids is 1. The van der Waals surface area contributed by atoms with Crippen molar-refractivity contribution in [3.8, 4) is 0 Å². The molecule has 1 saturated carbocycles. The Balaban J connectivity index is 1.78. The maximum Gasteiger partial charge on any atom is 0.244 e. The Bertz CT molecular complexity index is 489. The number of rotatable bonds is 5. The summed E-state index contributed by atoms with van der Waals surface area (Å²) in [5, 5.41) is 0. The minimum absolute atomic E-state index is 0.0701. The molecule has 1 unspecified atom stereocenters. The molecular weight excluding hydrogens is 262 g/mol. The highest BCUT2D eigenvalue weighted by Crippen LogP contribution is 2.34. The lowest BCUT2D eigenvalue weighted by atomic mass is 10.1. The number of hydrogen-bond donors (Lipinski definition) is 1. The number of anilines is 1. The van der Waals surface area contributed by atoms with Crippen LogP contribution in [0.3, 0.4) is 0 Å². The number of likely N-dealkylation sites (tertiary alicyclic amines) is 1. The average molecular weight is 287 g/mol. The van der Waals surface area contributed by atoms with Crippen LogP contribution in [0.4, 0.5) is 5.69 Å². The minimum atomic E-state index is -0.0701. The van der Waals surface area contributed by atoms with Gasteiger partial charge in [0, 0.05) is 31.4 Å². The third kappa shape index (κ3) is 3.05. The van der Waals surface area contributed by atoms with E-state index in [1.54, 1.807) is 0 Å². The molecule has 114 valence electrons. The van der Waals surface area contributed by atoms with E-state index in [4.69, 9.17) is 5.73 Å². The molecule has 3 rings (SSSR count). The highest BCUT2D eigenvalue weighted by atomic mass is 16.2. The van der Waals surface area contributed by atoms with Gasteiger partial charge in [-0.1, -0.05) is 12.1 Å². The third-order valence-corrected chi connectivity index (χ3v) is 4.60. The molecule has 0 bridgehead atoms. The van der Waals surface area contributed by atoms with Gasteiger partial charge < -0.3 is 15.5 Å². The maximum absolute atomic E-state index is 12.7. The molecule has 4 heteroatoms. The Morgan fingerprint density at radius 3 is 2.43 bits per heavy atom. The van der Waals surface area contributed by atoms with Crippen molar-refractivity contribution >= 4 is 11.6 Å². The second-order valence-electron chi connectivity index (χ2n) is 6.22. The van der Waals surface area contributed by atoms with Crippen molar-refractivity contribution in [1.29, 1.82) is 0 Å². The summed E-state index contributed by atoms with van der Waals surface area (Å²) in [6, 6.07) is 8.80. The van der Waals surface area contributed by atoms with E-state index in [-0.39, 0.29) is 11.9 Å². The zero-order chi connectivity index (χ0) is 14.8. The summed E-state index contributed by atoms with van der Waals surface area (Å²) in [4.78, 5) is 17.0. The van der Waals surface area contributed by atoms with E-state index in [1.807, 2.05) is 4.90 Å². The number of hydrogen-bond acceptors (Lipinski definition) is 3. The van der Waals surface area contributed by atoms with E-state index >= 15 is 0 Å². The summed E-state index contributed by atoms with van der Waals surface area (Å²) in [6.45, 7) is 4.46. The van der Waals surface area contributed by atoms with Crippen LogP contribution in [0.5, 0.6) is 0 Å². The Morgan fingerprint density at radius 2 is 1.90 bits per heavy atom. The third-order valence-electron chi connectivity index (χ3n) is 4.60. The van der Waals surface area contributed by atoms with Crippen molar-refractivity contribution < 1.29 is 4.79 Å². The zero-order valence-corrected chi connectivity index (χ0v) is 12.8. The molecule has 1 aromatic carbocycles. The zero-order valence-electron chi connectivity index (χ0n) is 12.8. The van der Waals surface area contributed by atoms with Crippen LogP contribution in [0.15, 0.2) is 24.3 Å². The van der Waals surface area contributed by atoms with E-state index in [2.05, 4.69) is 36.1 Å². The quantitative estimate of drug-likeness (QED) is 0.902. The molecule has 21 heavy (non-hydrogen) atoms. The molecule has 0 radical (unpaired) electrons. The van der Waals surface area contributed by atoms with Gasteiger partial charge in [0.2, 0.25) is 5.91 Å². The van der Waals surface area contributed by atoms with Gasteiger partial charge in [-0.25, -0.2) is 0 Å². The van der Waals surface area contributed by atoms with Crippen LogP contribution in [0.25, 0.3) is 0 Å². The van der Waals surface area contributed by atoms with E-state index in [0.29, 0.717) is 12.6 Å². The highest BCUT2D eigenvalue weighted by molar-refractivity contribution is 5.85. The van der Waals surface area contributed by atoms with Gasteiger partial charge in [0.15, 0.2) is 0 Å². The number of amides is 1. The molecule has 2 aliphatic rings. The summed E-state index contributed by atoms with van der Waals surface area (Å²) in [6.07, 6.45) is 4.67. The molecule has 2 fully saturated rings. The van der Waals surface area contributed by atoms with Gasteiger partial charge in [-0.3, -0.25) is 4.79 Å². The van der Waals surface area contributed by atoms with Crippen molar-refractivity contribution in [2.75, 3.05) is 18.0 Å². The van der Waals surface area contributed by atoms with Gasteiger partial charge in [-0.2, -0.15) is 0 Å². The normalized spacial score (nSPS) is 19.6. The Labute approximate surface area is 126 Å². The Kier molecular flexibility index (Phi) is 4.15. The average Bonchev–Trinajstić information content (AvgIpc) is 3.19. The predicted molar refractivity (Wildman–Crippen MR) is 85.1 cm³/mol. The molecule has 1 atom stereocenters. The number of nitrogens with two attached hydrogens (primary N) is 1. The van der Waals surface area contributed by atoms with Crippen molar-refractivity contribution in [2.45, 2.75) is 51.2 Å². The molecule has 1 aliphatic carbocycles. The fraction of sp³-hybridized carbons (Fsp3) is 0.588. The first-order valence-corrected chi connectivity index (χ1v) is 8.07. The van der Waals surface area contributed by atoms with Crippen molar-refractivity contribution in [3.63, 3.8) is 0 Å². The van der Waals surface area contributed by atoms with E-state index in [9.17, 15) is 4.79 Å². The standard InChI is InChI=1S/C17H25N3O/c1-13(17(21)19-10-2-3-11-19)20(16-8-9-16)15-6-4-14(12-18)5-7-15/h4-7,13,16H,2-3,8-12,18H2,1H3. The van der Waals surface area contributed by atoms with E-state index in [0.717, 1.165) is 37.2 Å². The van der Waals surface area contributed by atoms with Gasteiger partial charge in [-0.05, 0) is 50.3 Å². The van der Waals surface area contributed by atoms with Crippen molar-refractivity contribution in [2.24, 2.45) is 5.73 Å². The molecule has 1 aromatic rings. The summed E-state index contributed by atoms with van der Waals surface area (Å²) in [7, 11) is 0. The van der Waals surface area contributed by atoms with Gasteiger partial charge in [0.25, 0.3) is 0 Å². The predicted octanol–water partition coefficient (Wildman–Crippen LogP) is 2.12.